The third-order valence-electron chi connectivity index (χ3n) is 3.15. The van der Waals surface area contributed by atoms with Crippen molar-refractivity contribution in [1.82, 2.24) is 10.0 Å². The summed E-state index contributed by atoms with van der Waals surface area (Å²) in [5.74, 6) is -0.907. The molecule has 0 amide bonds. The largest absolute Gasteiger partial charge is 0.314 e. The van der Waals surface area contributed by atoms with Crippen molar-refractivity contribution in [2.24, 2.45) is 0 Å². The van der Waals surface area contributed by atoms with Crippen molar-refractivity contribution >= 4 is 21.6 Å². The second-order valence-corrected chi connectivity index (χ2v) is 6.67. The number of rotatable bonds is 5. The lowest BCUT2D eigenvalue weighted by Gasteiger charge is -2.11. The molecule has 0 aliphatic carbocycles. The van der Waals surface area contributed by atoms with E-state index in [4.69, 9.17) is 11.6 Å². The molecule has 2 rings (SSSR count). The van der Waals surface area contributed by atoms with E-state index in [2.05, 4.69) is 10.0 Å². The van der Waals surface area contributed by atoms with Gasteiger partial charge in [0.25, 0.3) is 0 Å². The first-order valence-corrected chi connectivity index (χ1v) is 8.04. The highest BCUT2D eigenvalue weighted by molar-refractivity contribution is 7.89. The van der Waals surface area contributed by atoms with Gasteiger partial charge in [0, 0.05) is 12.6 Å². The Labute approximate surface area is 117 Å². The summed E-state index contributed by atoms with van der Waals surface area (Å²) in [6.45, 7) is 1.26. The maximum Gasteiger partial charge on any atom is 0.243 e. The summed E-state index contributed by atoms with van der Waals surface area (Å²) in [4.78, 5) is -0.403. The molecule has 1 aromatic rings. The Morgan fingerprint density at radius 1 is 1.47 bits per heavy atom. The molecular weight excluding hydrogens is 291 g/mol. The minimum atomic E-state index is -3.84. The molecule has 0 aromatic heterocycles. The van der Waals surface area contributed by atoms with Gasteiger partial charge < -0.3 is 5.32 Å². The van der Waals surface area contributed by atoms with Crippen LogP contribution < -0.4 is 10.0 Å². The number of halogens is 2. The average molecular weight is 307 g/mol. The molecule has 1 atom stereocenters. The molecule has 0 bridgehead atoms. The van der Waals surface area contributed by atoms with Gasteiger partial charge in [-0.1, -0.05) is 17.7 Å². The topological polar surface area (TPSA) is 58.2 Å². The average Bonchev–Trinajstić information content (AvgIpc) is 2.85. The monoisotopic (exact) mass is 306 g/mol. The standard InChI is InChI=1S/C12H16ClFN2O2S/c13-10-4-1-5-11(12(10)14)19(17,18)16-8-6-9-3-2-7-15-9/h1,4-5,9,15-16H,2-3,6-8H2/t9-/m1/s1. The molecule has 106 valence electrons. The molecule has 1 aliphatic rings. The fourth-order valence-electron chi connectivity index (χ4n) is 2.14. The zero-order valence-electron chi connectivity index (χ0n) is 10.3. The predicted octanol–water partition coefficient (Wildman–Crippen LogP) is 1.90. The van der Waals surface area contributed by atoms with Crippen LogP contribution in [0.5, 0.6) is 0 Å². The molecule has 1 fully saturated rings. The van der Waals surface area contributed by atoms with Crippen LogP contribution in [0.1, 0.15) is 19.3 Å². The Kier molecular flexibility index (Phi) is 4.78. The van der Waals surface area contributed by atoms with Crippen molar-refractivity contribution in [1.29, 1.82) is 0 Å². The van der Waals surface area contributed by atoms with Crippen LogP contribution in [0, 0.1) is 5.82 Å². The van der Waals surface area contributed by atoms with E-state index >= 15 is 0 Å². The van der Waals surface area contributed by atoms with Gasteiger partial charge in [0.05, 0.1) is 5.02 Å². The third kappa shape index (κ3) is 3.66. The summed E-state index contributed by atoms with van der Waals surface area (Å²) in [5, 5.41) is 3.08. The Hall–Kier alpha value is -0.690. The maximum atomic E-state index is 13.7. The van der Waals surface area contributed by atoms with Crippen molar-refractivity contribution < 1.29 is 12.8 Å². The van der Waals surface area contributed by atoms with Gasteiger partial charge in [-0.05, 0) is 37.9 Å². The summed E-state index contributed by atoms with van der Waals surface area (Å²) in [6, 6.07) is 4.28. The van der Waals surface area contributed by atoms with Crippen molar-refractivity contribution in [3.63, 3.8) is 0 Å². The molecule has 1 heterocycles. The first-order chi connectivity index (χ1) is 9.00. The zero-order chi connectivity index (χ0) is 13.9. The molecule has 1 aromatic carbocycles. The number of benzene rings is 1. The molecule has 1 aliphatic heterocycles. The van der Waals surface area contributed by atoms with E-state index in [1.54, 1.807) is 0 Å². The first kappa shape index (κ1) is 14.7. The second-order valence-electron chi connectivity index (χ2n) is 4.53. The van der Waals surface area contributed by atoms with Crippen LogP contribution >= 0.6 is 11.6 Å². The van der Waals surface area contributed by atoms with Gasteiger partial charge in [-0.3, -0.25) is 0 Å². The summed E-state index contributed by atoms with van der Waals surface area (Å²) in [6.07, 6.45) is 2.86. The van der Waals surface area contributed by atoms with Gasteiger partial charge in [0.2, 0.25) is 10.0 Å². The molecular formula is C12H16ClFN2O2S. The SMILES string of the molecule is O=S(=O)(NCC[C@H]1CCCN1)c1cccc(Cl)c1F. The van der Waals surface area contributed by atoms with Crippen molar-refractivity contribution in [3.8, 4) is 0 Å². The minimum Gasteiger partial charge on any atom is -0.314 e. The first-order valence-electron chi connectivity index (χ1n) is 6.18. The van der Waals surface area contributed by atoms with Crippen molar-refractivity contribution in [3.05, 3.63) is 29.0 Å². The lowest BCUT2D eigenvalue weighted by atomic mass is 10.2. The molecule has 19 heavy (non-hydrogen) atoms. The van der Waals surface area contributed by atoms with E-state index < -0.39 is 20.7 Å². The lowest BCUT2D eigenvalue weighted by molar-refractivity contribution is 0.532. The molecule has 0 saturated carbocycles. The number of hydrogen-bond acceptors (Lipinski definition) is 3. The summed E-state index contributed by atoms with van der Waals surface area (Å²) in [5.41, 5.74) is 0. The van der Waals surface area contributed by atoms with Crippen LogP contribution in [0.3, 0.4) is 0 Å². The fourth-order valence-corrected chi connectivity index (χ4v) is 3.52. The number of nitrogens with one attached hydrogen (secondary N) is 2. The van der Waals surface area contributed by atoms with Crippen LogP contribution in [0.2, 0.25) is 5.02 Å². The van der Waals surface area contributed by atoms with Gasteiger partial charge >= 0.3 is 0 Å². The van der Waals surface area contributed by atoms with Gasteiger partial charge in [-0.15, -0.1) is 0 Å². The van der Waals surface area contributed by atoms with Gasteiger partial charge in [-0.2, -0.15) is 0 Å². The van der Waals surface area contributed by atoms with Crippen LogP contribution in [0.25, 0.3) is 0 Å². The zero-order valence-corrected chi connectivity index (χ0v) is 11.9. The van der Waals surface area contributed by atoms with Crippen LogP contribution in [0.4, 0.5) is 4.39 Å². The van der Waals surface area contributed by atoms with E-state index in [0.717, 1.165) is 19.4 Å². The van der Waals surface area contributed by atoms with Gasteiger partial charge in [0.1, 0.15) is 4.90 Å². The highest BCUT2D eigenvalue weighted by atomic mass is 35.5. The summed E-state index contributed by atoms with van der Waals surface area (Å²) < 4.78 is 40.0. The maximum absolute atomic E-state index is 13.7. The fraction of sp³-hybridized carbons (Fsp3) is 0.500. The van der Waals surface area contributed by atoms with E-state index in [-0.39, 0.29) is 11.6 Å². The van der Waals surface area contributed by atoms with Crippen molar-refractivity contribution in [2.75, 3.05) is 13.1 Å². The summed E-state index contributed by atoms with van der Waals surface area (Å²) in [7, 11) is -3.84. The molecule has 1 saturated heterocycles. The Bertz CT molecular complexity index is 545. The van der Waals surface area contributed by atoms with E-state index in [9.17, 15) is 12.8 Å². The number of sulfonamides is 1. The van der Waals surface area contributed by atoms with Gasteiger partial charge in [0.15, 0.2) is 5.82 Å². The number of hydrogen-bond donors (Lipinski definition) is 2. The molecule has 7 heteroatoms. The third-order valence-corrected chi connectivity index (χ3v) is 4.92. The smallest absolute Gasteiger partial charge is 0.243 e. The minimum absolute atomic E-state index is 0.194. The van der Waals surface area contributed by atoms with Crippen LogP contribution in [-0.4, -0.2) is 27.5 Å². The highest BCUT2D eigenvalue weighted by Gasteiger charge is 2.21. The predicted molar refractivity (Wildman–Crippen MR) is 72.2 cm³/mol. The van der Waals surface area contributed by atoms with Crippen LogP contribution in [0.15, 0.2) is 23.1 Å². The Morgan fingerprint density at radius 3 is 2.95 bits per heavy atom. The molecule has 0 radical (unpaired) electrons. The van der Waals surface area contributed by atoms with Gasteiger partial charge in [-0.25, -0.2) is 17.5 Å². The summed E-state index contributed by atoms with van der Waals surface area (Å²) >= 11 is 5.58. The molecule has 0 spiro atoms. The van der Waals surface area contributed by atoms with E-state index in [1.165, 1.54) is 18.2 Å². The van der Waals surface area contributed by atoms with Crippen LogP contribution in [-0.2, 0) is 10.0 Å². The van der Waals surface area contributed by atoms with E-state index in [0.29, 0.717) is 12.5 Å². The Morgan fingerprint density at radius 2 is 2.26 bits per heavy atom. The quantitative estimate of drug-likeness (QED) is 0.873. The highest BCUT2D eigenvalue weighted by Crippen LogP contribution is 2.21. The molecule has 2 N–H and O–H groups in total. The van der Waals surface area contributed by atoms with Crippen molar-refractivity contribution in [2.45, 2.75) is 30.2 Å². The lowest BCUT2D eigenvalue weighted by Crippen LogP contribution is -2.31. The molecule has 0 unspecified atom stereocenters. The second kappa shape index (κ2) is 6.17. The van der Waals surface area contributed by atoms with E-state index in [1.807, 2.05) is 0 Å². The normalized spacial score (nSPS) is 19.8. The molecule has 4 nitrogen and oxygen atoms in total. The Balaban J connectivity index is 1.99.